The molecule has 9 heteroatoms. The van der Waals surface area contributed by atoms with E-state index in [4.69, 9.17) is 15.8 Å². The topological polar surface area (TPSA) is 135 Å². The number of ether oxygens (including phenoxy) is 1. The Hall–Kier alpha value is -2.76. The highest BCUT2D eigenvalue weighted by Crippen LogP contribution is 2.46. The van der Waals surface area contributed by atoms with Gasteiger partial charge in [-0.05, 0) is 31.6 Å². The number of nitrogens with one attached hydrogen (secondary N) is 2. The predicted octanol–water partition coefficient (Wildman–Crippen LogP) is 1.47. The predicted molar refractivity (Wildman–Crippen MR) is 96.6 cm³/mol. The Kier molecular flexibility index (Phi) is 5.44. The van der Waals surface area contributed by atoms with E-state index >= 15 is 0 Å². The summed E-state index contributed by atoms with van der Waals surface area (Å²) in [4.78, 5) is 27.6. The number of urea groups is 1. The van der Waals surface area contributed by atoms with Crippen LogP contribution in [0.4, 0.5) is 10.7 Å². The van der Waals surface area contributed by atoms with E-state index < -0.39 is 11.6 Å². The lowest BCUT2D eigenvalue weighted by Crippen LogP contribution is -2.49. The smallest absolute Gasteiger partial charge is 0.321 e. The number of anilines is 1. The van der Waals surface area contributed by atoms with E-state index in [0.717, 1.165) is 17.5 Å². The van der Waals surface area contributed by atoms with Crippen LogP contribution in [-0.4, -0.2) is 28.3 Å². The van der Waals surface area contributed by atoms with Crippen molar-refractivity contribution in [2.45, 2.75) is 53.0 Å². The second-order valence-electron chi connectivity index (χ2n) is 8.16. The standard InChI is InChI=1S/C17H26N6O3/c1-11-5-13(24)21-14(23(11)19)22-15(25)20-12-6-16(2,3)8-17(4,7-12)9-26-10-18/h5,12H,6-9,19H2,1-4H3,(H2,20,21,22,24,25). The largest absolute Gasteiger partial charge is 0.427 e. The van der Waals surface area contributed by atoms with Gasteiger partial charge in [0.25, 0.3) is 11.8 Å². The van der Waals surface area contributed by atoms with Gasteiger partial charge in [-0.2, -0.15) is 10.2 Å². The first-order chi connectivity index (χ1) is 12.0. The minimum absolute atomic E-state index is 0.0126. The fourth-order valence-corrected chi connectivity index (χ4v) is 4.07. The molecule has 1 fully saturated rings. The van der Waals surface area contributed by atoms with Crippen LogP contribution in [0.15, 0.2) is 10.9 Å². The van der Waals surface area contributed by atoms with Crippen molar-refractivity contribution in [2.75, 3.05) is 17.8 Å². The summed E-state index contributed by atoms with van der Waals surface area (Å²) in [5.74, 6) is 5.78. The fourth-order valence-electron chi connectivity index (χ4n) is 4.07. The van der Waals surface area contributed by atoms with Crippen molar-refractivity contribution in [3.8, 4) is 6.26 Å². The number of aromatic nitrogens is 2. The van der Waals surface area contributed by atoms with Crippen molar-refractivity contribution in [3.05, 3.63) is 22.1 Å². The molecule has 0 aliphatic heterocycles. The zero-order valence-corrected chi connectivity index (χ0v) is 15.6. The van der Waals surface area contributed by atoms with Gasteiger partial charge in [0, 0.05) is 23.2 Å². The molecule has 1 saturated carbocycles. The molecule has 1 heterocycles. The van der Waals surface area contributed by atoms with E-state index in [9.17, 15) is 9.59 Å². The maximum absolute atomic E-state index is 12.4. The van der Waals surface area contributed by atoms with Gasteiger partial charge in [0.2, 0.25) is 5.95 Å². The molecule has 142 valence electrons. The van der Waals surface area contributed by atoms with Crippen LogP contribution in [0.1, 0.15) is 45.7 Å². The number of hydrogen-bond donors (Lipinski definition) is 3. The van der Waals surface area contributed by atoms with Gasteiger partial charge in [-0.25, -0.2) is 9.47 Å². The molecule has 0 radical (unpaired) electrons. The van der Waals surface area contributed by atoms with Crippen LogP contribution in [0.5, 0.6) is 0 Å². The van der Waals surface area contributed by atoms with Crippen molar-refractivity contribution < 1.29 is 9.53 Å². The summed E-state index contributed by atoms with van der Waals surface area (Å²) in [7, 11) is 0. The van der Waals surface area contributed by atoms with Crippen LogP contribution in [-0.2, 0) is 4.74 Å². The highest BCUT2D eigenvalue weighted by Gasteiger charge is 2.42. The SMILES string of the molecule is Cc1cc(=O)nc(NC(=O)NC2CC(C)(C)CC(C)(COC#N)C2)n1N. The Labute approximate surface area is 152 Å². The summed E-state index contributed by atoms with van der Waals surface area (Å²) in [5.41, 5.74) is -0.214. The molecule has 1 aliphatic rings. The summed E-state index contributed by atoms with van der Waals surface area (Å²) >= 11 is 0. The van der Waals surface area contributed by atoms with Crippen LogP contribution < -0.4 is 22.0 Å². The maximum Gasteiger partial charge on any atom is 0.321 e. The van der Waals surface area contributed by atoms with Crippen molar-refractivity contribution in [3.63, 3.8) is 0 Å². The molecule has 1 aromatic heterocycles. The van der Waals surface area contributed by atoms with Gasteiger partial charge in [-0.15, -0.1) is 0 Å². The Morgan fingerprint density at radius 1 is 1.50 bits per heavy atom. The van der Waals surface area contributed by atoms with E-state index in [1.807, 2.05) is 0 Å². The summed E-state index contributed by atoms with van der Waals surface area (Å²) in [6.07, 6.45) is 4.08. The molecule has 0 bridgehead atoms. The minimum Gasteiger partial charge on any atom is -0.427 e. The van der Waals surface area contributed by atoms with E-state index in [0.29, 0.717) is 18.7 Å². The average molecular weight is 362 g/mol. The lowest BCUT2D eigenvalue weighted by molar-refractivity contribution is 0.0231. The lowest BCUT2D eigenvalue weighted by atomic mass is 9.63. The first kappa shape index (κ1) is 19.6. The number of rotatable bonds is 4. The molecule has 2 unspecified atom stereocenters. The average Bonchev–Trinajstić information content (AvgIpc) is 2.48. The molecule has 4 N–H and O–H groups in total. The Balaban J connectivity index is 2.08. The van der Waals surface area contributed by atoms with Gasteiger partial charge < -0.3 is 15.9 Å². The zero-order valence-electron chi connectivity index (χ0n) is 15.6. The second-order valence-corrected chi connectivity index (χ2v) is 8.16. The van der Waals surface area contributed by atoms with E-state index in [-0.39, 0.29) is 22.8 Å². The van der Waals surface area contributed by atoms with Gasteiger partial charge in [-0.1, -0.05) is 20.8 Å². The first-order valence-corrected chi connectivity index (χ1v) is 8.48. The molecule has 2 rings (SSSR count). The number of aryl methyl sites for hydroxylation is 1. The lowest BCUT2D eigenvalue weighted by Gasteiger charge is -2.46. The molecule has 0 spiro atoms. The first-order valence-electron chi connectivity index (χ1n) is 8.48. The molecule has 2 atom stereocenters. The number of nitrogens with two attached hydrogens (primary N) is 1. The van der Waals surface area contributed by atoms with Crippen molar-refractivity contribution in [1.29, 1.82) is 5.26 Å². The summed E-state index contributed by atoms with van der Waals surface area (Å²) in [6.45, 7) is 8.27. The number of carbonyl (C=O) groups excluding carboxylic acids is 1. The molecule has 0 aromatic carbocycles. The van der Waals surface area contributed by atoms with Gasteiger partial charge in [-0.3, -0.25) is 10.1 Å². The van der Waals surface area contributed by atoms with Crippen LogP contribution >= 0.6 is 0 Å². The van der Waals surface area contributed by atoms with Gasteiger partial charge in [0.15, 0.2) is 0 Å². The third-order valence-corrected chi connectivity index (χ3v) is 4.65. The van der Waals surface area contributed by atoms with Crippen LogP contribution in [0.3, 0.4) is 0 Å². The van der Waals surface area contributed by atoms with E-state index in [2.05, 4.69) is 36.4 Å². The molecule has 0 saturated heterocycles. The highest BCUT2D eigenvalue weighted by atomic mass is 16.5. The number of hydrogen-bond acceptors (Lipinski definition) is 6. The second kappa shape index (κ2) is 7.23. The molecular weight excluding hydrogens is 336 g/mol. The third kappa shape index (κ3) is 4.88. The maximum atomic E-state index is 12.4. The van der Waals surface area contributed by atoms with Crippen molar-refractivity contribution >= 4 is 12.0 Å². The van der Waals surface area contributed by atoms with E-state index in [1.54, 1.807) is 13.2 Å². The van der Waals surface area contributed by atoms with Gasteiger partial charge in [0.1, 0.15) is 6.61 Å². The Bertz CT molecular complexity index is 782. The van der Waals surface area contributed by atoms with Crippen LogP contribution in [0, 0.1) is 29.3 Å². The van der Waals surface area contributed by atoms with Gasteiger partial charge in [0.05, 0.1) is 0 Å². The highest BCUT2D eigenvalue weighted by molar-refractivity contribution is 5.87. The fraction of sp³-hybridized carbons (Fsp3) is 0.647. The Morgan fingerprint density at radius 2 is 2.19 bits per heavy atom. The van der Waals surface area contributed by atoms with Crippen LogP contribution in [0.2, 0.25) is 0 Å². The third-order valence-electron chi connectivity index (χ3n) is 4.65. The van der Waals surface area contributed by atoms with E-state index in [1.165, 1.54) is 6.07 Å². The zero-order chi connectivity index (χ0) is 19.5. The molecule has 26 heavy (non-hydrogen) atoms. The summed E-state index contributed by atoms with van der Waals surface area (Å²) in [6, 6.07) is 0.703. The molecule has 9 nitrogen and oxygen atoms in total. The number of nitriles is 1. The summed E-state index contributed by atoms with van der Waals surface area (Å²) < 4.78 is 6.12. The van der Waals surface area contributed by atoms with Crippen molar-refractivity contribution in [2.24, 2.45) is 10.8 Å². The number of nitrogen functional groups attached to an aromatic ring is 1. The number of nitrogens with zero attached hydrogens (tertiary/aromatic N) is 3. The molecule has 2 amide bonds. The molecule has 1 aliphatic carbocycles. The normalized spacial score (nSPS) is 24.3. The minimum atomic E-state index is -0.479. The number of carbonyl (C=O) groups is 1. The van der Waals surface area contributed by atoms with Crippen LogP contribution in [0.25, 0.3) is 0 Å². The number of amides is 2. The quantitative estimate of drug-likeness (QED) is 0.548. The molecule has 1 aromatic rings. The Morgan fingerprint density at radius 3 is 2.85 bits per heavy atom. The molecular formula is C17H26N6O3. The van der Waals surface area contributed by atoms with Crippen molar-refractivity contribution in [1.82, 2.24) is 15.0 Å². The monoisotopic (exact) mass is 362 g/mol. The van der Waals surface area contributed by atoms with Gasteiger partial charge >= 0.3 is 6.03 Å². The summed E-state index contributed by atoms with van der Waals surface area (Å²) in [5, 5.41) is 14.1.